The Morgan fingerprint density at radius 1 is 1.36 bits per heavy atom. The minimum atomic E-state index is 0.722. The van der Waals surface area contributed by atoms with Crippen molar-refractivity contribution in [1.82, 2.24) is 0 Å². The highest BCUT2D eigenvalue weighted by molar-refractivity contribution is 9.09. The lowest BCUT2D eigenvalue weighted by Crippen LogP contribution is -1.99. The lowest BCUT2D eigenvalue weighted by molar-refractivity contribution is 0.407. The van der Waals surface area contributed by atoms with Gasteiger partial charge in [-0.2, -0.15) is 0 Å². The zero-order valence-electron chi connectivity index (χ0n) is 8.79. The molecule has 0 aromatic heterocycles. The van der Waals surface area contributed by atoms with Gasteiger partial charge in [-0.3, -0.25) is 0 Å². The molecule has 14 heavy (non-hydrogen) atoms. The van der Waals surface area contributed by atoms with Gasteiger partial charge in [0.1, 0.15) is 5.75 Å². The number of halogens is 1. The molecule has 0 aliphatic heterocycles. The molecule has 0 heterocycles. The zero-order valence-corrected chi connectivity index (χ0v) is 10.4. The molecule has 0 bridgehead atoms. The van der Waals surface area contributed by atoms with Crippen molar-refractivity contribution in [2.45, 2.75) is 19.8 Å². The summed E-state index contributed by atoms with van der Waals surface area (Å²) in [5, 5.41) is 1.07. The topological polar surface area (TPSA) is 9.23 Å². The van der Waals surface area contributed by atoms with Gasteiger partial charge in [0, 0.05) is 5.33 Å². The molecule has 1 nitrogen and oxygen atoms in total. The highest BCUT2D eigenvalue weighted by Crippen LogP contribution is 2.20. The highest BCUT2D eigenvalue weighted by atomic mass is 79.9. The third-order valence-electron chi connectivity index (χ3n) is 2.36. The van der Waals surface area contributed by atoms with Gasteiger partial charge in [-0.1, -0.05) is 41.1 Å². The van der Waals surface area contributed by atoms with E-state index in [0.29, 0.717) is 0 Å². The largest absolute Gasteiger partial charge is 0.496 e. The van der Waals surface area contributed by atoms with Gasteiger partial charge in [0.05, 0.1) is 7.11 Å². The first-order valence-electron chi connectivity index (χ1n) is 4.95. The van der Waals surface area contributed by atoms with Crippen LogP contribution in [-0.4, -0.2) is 12.4 Å². The minimum absolute atomic E-state index is 0.722. The molecular weight excluding hydrogens is 240 g/mol. The minimum Gasteiger partial charge on any atom is -0.496 e. The van der Waals surface area contributed by atoms with Gasteiger partial charge in [0.25, 0.3) is 0 Å². The van der Waals surface area contributed by atoms with Crippen molar-refractivity contribution < 1.29 is 4.74 Å². The van der Waals surface area contributed by atoms with E-state index in [4.69, 9.17) is 4.74 Å². The average Bonchev–Trinajstić information content (AvgIpc) is 2.26. The van der Waals surface area contributed by atoms with Crippen molar-refractivity contribution in [3.8, 4) is 5.75 Å². The van der Waals surface area contributed by atoms with Crippen LogP contribution >= 0.6 is 15.9 Å². The van der Waals surface area contributed by atoms with Gasteiger partial charge in [-0.15, -0.1) is 0 Å². The Labute approximate surface area is 94.6 Å². The first kappa shape index (κ1) is 11.6. The Bertz CT molecular complexity index is 273. The maximum atomic E-state index is 5.30. The number of rotatable bonds is 5. The Morgan fingerprint density at radius 2 is 2.07 bits per heavy atom. The molecule has 1 aromatic rings. The standard InChI is InChI=1S/C12H17BrO/c1-10(9-13)7-8-11-5-3-4-6-12(11)14-2/h3-6,10H,7-9H2,1-2H3. The fourth-order valence-electron chi connectivity index (χ4n) is 1.39. The highest BCUT2D eigenvalue weighted by Gasteiger charge is 2.04. The second kappa shape index (κ2) is 6.07. The third kappa shape index (κ3) is 3.33. The van der Waals surface area contributed by atoms with Crippen molar-refractivity contribution in [3.05, 3.63) is 29.8 Å². The summed E-state index contributed by atoms with van der Waals surface area (Å²) in [5.41, 5.74) is 1.31. The predicted molar refractivity (Wildman–Crippen MR) is 64.3 cm³/mol. The van der Waals surface area contributed by atoms with Crippen molar-refractivity contribution in [3.63, 3.8) is 0 Å². The Morgan fingerprint density at radius 3 is 2.71 bits per heavy atom. The predicted octanol–water partition coefficient (Wildman–Crippen LogP) is 3.66. The molecule has 78 valence electrons. The molecule has 2 heteroatoms. The van der Waals surface area contributed by atoms with Gasteiger partial charge < -0.3 is 4.74 Å². The summed E-state index contributed by atoms with van der Waals surface area (Å²) in [4.78, 5) is 0. The molecule has 0 aliphatic rings. The molecule has 1 unspecified atom stereocenters. The average molecular weight is 257 g/mol. The Kier molecular flexibility index (Phi) is 5.02. The summed E-state index contributed by atoms with van der Waals surface area (Å²) >= 11 is 3.49. The van der Waals surface area contributed by atoms with Crippen LogP contribution < -0.4 is 4.74 Å². The molecule has 0 saturated carbocycles. The van der Waals surface area contributed by atoms with Gasteiger partial charge in [-0.05, 0) is 30.4 Å². The van der Waals surface area contributed by atoms with Gasteiger partial charge in [-0.25, -0.2) is 0 Å². The van der Waals surface area contributed by atoms with Crippen molar-refractivity contribution in [2.24, 2.45) is 5.92 Å². The monoisotopic (exact) mass is 256 g/mol. The summed E-state index contributed by atoms with van der Waals surface area (Å²) < 4.78 is 5.30. The maximum Gasteiger partial charge on any atom is 0.122 e. The molecule has 1 atom stereocenters. The number of benzene rings is 1. The van der Waals surface area contributed by atoms with E-state index in [-0.39, 0.29) is 0 Å². The number of aryl methyl sites for hydroxylation is 1. The normalized spacial score (nSPS) is 12.5. The van der Waals surface area contributed by atoms with Crippen LogP contribution in [0.15, 0.2) is 24.3 Å². The number of methoxy groups -OCH3 is 1. The third-order valence-corrected chi connectivity index (χ3v) is 3.47. The van der Waals surface area contributed by atoms with Crippen LogP contribution in [0.5, 0.6) is 5.75 Å². The fourth-order valence-corrected chi connectivity index (χ4v) is 1.71. The Balaban J connectivity index is 2.57. The van der Waals surface area contributed by atoms with E-state index in [0.717, 1.165) is 23.4 Å². The molecule has 1 aromatic carbocycles. The van der Waals surface area contributed by atoms with E-state index in [1.54, 1.807) is 7.11 Å². The second-order valence-electron chi connectivity index (χ2n) is 3.61. The van der Waals surface area contributed by atoms with Crippen LogP contribution in [0.3, 0.4) is 0 Å². The van der Waals surface area contributed by atoms with Crippen LogP contribution in [0.4, 0.5) is 0 Å². The first-order chi connectivity index (χ1) is 6.77. The van der Waals surface area contributed by atoms with Crippen LogP contribution in [0, 0.1) is 5.92 Å². The van der Waals surface area contributed by atoms with Crippen molar-refractivity contribution in [2.75, 3.05) is 12.4 Å². The number of hydrogen-bond acceptors (Lipinski definition) is 1. The van der Waals surface area contributed by atoms with Crippen LogP contribution in [-0.2, 0) is 6.42 Å². The van der Waals surface area contributed by atoms with Crippen LogP contribution in [0.2, 0.25) is 0 Å². The maximum absolute atomic E-state index is 5.30. The van der Waals surface area contributed by atoms with Crippen molar-refractivity contribution >= 4 is 15.9 Å². The van der Waals surface area contributed by atoms with Crippen LogP contribution in [0.1, 0.15) is 18.9 Å². The molecular formula is C12H17BrO. The summed E-state index contributed by atoms with van der Waals surface area (Å²) in [6.07, 6.45) is 2.29. The number of alkyl halides is 1. The molecule has 0 radical (unpaired) electrons. The van der Waals surface area contributed by atoms with E-state index in [1.165, 1.54) is 12.0 Å². The van der Waals surface area contributed by atoms with Gasteiger partial charge >= 0.3 is 0 Å². The zero-order chi connectivity index (χ0) is 10.4. The fraction of sp³-hybridized carbons (Fsp3) is 0.500. The molecule has 0 amide bonds. The number of hydrogen-bond donors (Lipinski definition) is 0. The molecule has 0 fully saturated rings. The van der Waals surface area contributed by atoms with E-state index in [9.17, 15) is 0 Å². The van der Waals surface area contributed by atoms with E-state index >= 15 is 0 Å². The molecule has 0 N–H and O–H groups in total. The smallest absolute Gasteiger partial charge is 0.122 e. The Hall–Kier alpha value is -0.500. The molecule has 1 rings (SSSR count). The first-order valence-corrected chi connectivity index (χ1v) is 6.08. The summed E-state index contributed by atoms with van der Waals surface area (Å²) in [7, 11) is 1.73. The summed E-state index contributed by atoms with van der Waals surface area (Å²) in [6, 6.07) is 8.24. The summed E-state index contributed by atoms with van der Waals surface area (Å²) in [5.74, 6) is 1.73. The van der Waals surface area contributed by atoms with Gasteiger partial charge in [0.2, 0.25) is 0 Å². The SMILES string of the molecule is COc1ccccc1CCC(C)CBr. The second-order valence-corrected chi connectivity index (χ2v) is 4.26. The van der Waals surface area contributed by atoms with Gasteiger partial charge in [0.15, 0.2) is 0 Å². The number of ether oxygens (including phenoxy) is 1. The lowest BCUT2D eigenvalue weighted by atomic mass is 10.0. The van der Waals surface area contributed by atoms with E-state index < -0.39 is 0 Å². The molecule has 0 saturated heterocycles. The van der Waals surface area contributed by atoms with E-state index in [2.05, 4.69) is 35.0 Å². The summed E-state index contributed by atoms with van der Waals surface area (Å²) in [6.45, 7) is 2.25. The number of para-hydroxylation sites is 1. The van der Waals surface area contributed by atoms with Crippen LogP contribution in [0.25, 0.3) is 0 Å². The van der Waals surface area contributed by atoms with E-state index in [1.807, 2.05) is 12.1 Å². The molecule has 0 aliphatic carbocycles. The van der Waals surface area contributed by atoms with Crippen molar-refractivity contribution in [1.29, 1.82) is 0 Å². The molecule has 0 spiro atoms. The lowest BCUT2D eigenvalue weighted by Gasteiger charge is -2.10. The quantitative estimate of drug-likeness (QED) is 0.731.